The van der Waals surface area contributed by atoms with Crippen LogP contribution in [0.4, 0.5) is 0 Å². The minimum absolute atomic E-state index is 0.342. The Morgan fingerprint density at radius 1 is 1.10 bits per heavy atom. The zero-order valence-electron chi connectivity index (χ0n) is 11.7. The SMILES string of the molecule is COc1ccccc1/C=C/[C@@H]1N=C(c2ccccc2)NO1. The molecule has 3 rings (SSSR count). The number of hydrogen-bond acceptors (Lipinski definition) is 4. The first kappa shape index (κ1) is 13.4. The van der Waals surface area contributed by atoms with Gasteiger partial charge in [-0.3, -0.25) is 0 Å². The summed E-state index contributed by atoms with van der Waals surface area (Å²) in [5, 5.41) is 0. The number of nitrogens with zero attached hydrogens (tertiary/aromatic N) is 1. The summed E-state index contributed by atoms with van der Waals surface area (Å²) in [6.45, 7) is 0. The summed E-state index contributed by atoms with van der Waals surface area (Å²) in [5.41, 5.74) is 4.85. The fourth-order valence-electron chi connectivity index (χ4n) is 2.10. The van der Waals surface area contributed by atoms with Crippen molar-refractivity contribution in [3.05, 3.63) is 71.8 Å². The Hall–Kier alpha value is -2.59. The number of hydroxylamine groups is 1. The Balaban J connectivity index is 1.75. The number of hydrogen-bond donors (Lipinski definition) is 1. The molecule has 21 heavy (non-hydrogen) atoms. The number of para-hydroxylation sites is 1. The van der Waals surface area contributed by atoms with Crippen LogP contribution < -0.4 is 10.2 Å². The van der Waals surface area contributed by atoms with Gasteiger partial charge in [0.2, 0.25) is 0 Å². The number of amidine groups is 1. The predicted octanol–water partition coefficient (Wildman–Crippen LogP) is 3.02. The third kappa shape index (κ3) is 3.12. The first-order chi connectivity index (χ1) is 10.4. The molecule has 2 aromatic rings. The van der Waals surface area contributed by atoms with Crippen molar-refractivity contribution < 1.29 is 9.57 Å². The second kappa shape index (κ2) is 6.24. The van der Waals surface area contributed by atoms with Crippen LogP contribution in [-0.4, -0.2) is 19.2 Å². The molecule has 0 aromatic heterocycles. The molecule has 1 aliphatic heterocycles. The van der Waals surface area contributed by atoms with Gasteiger partial charge in [-0.05, 0) is 12.1 Å². The molecular weight excluding hydrogens is 264 g/mol. The maximum atomic E-state index is 5.43. The van der Waals surface area contributed by atoms with Crippen LogP contribution in [0.15, 0.2) is 65.7 Å². The molecule has 0 spiro atoms. The van der Waals surface area contributed by atoms with Crippen molar-refractivity contribution in [2.75, 3.05) is 7.11 Å². The molecule has 0 saturated heterocycles. The van der Waals surface area contributed by atoms with E-state index >= 15 is 0 Å². The zero-order valence-corrected chi connectivity index (χ0v) is 11.7. The highest BCUT2D eigenvalue weighted by Gasteiger charge is 2.16. The molecule has 4 heteroatoms. The number of aliphatic imine (C=N–C) groups is 1. The third-order valence-corrected chi connectivity index (χ3v) is 3.16. The Bertz CT molecular complexity index is 666. The highest BCUT2D eigenvalue weighted by atomic mass is 16.7. The van der Waals surface area contributed by atoms with E-state index in [4.69, 9.17) is 9.57 Å². The summed E-state index contributed by atoms with van der Waals surface area (Å²) in [5.74, 6) is 1.57. The molecule has 0 bridgehead atoms. The van der Waals surface area contributed by atoms with Crippen molar-refractivity contribution in [3.63, 3.8) is 0 Å². The van der Waals surface area contributed by atoms with E-state index in [1.165, 1.54) is 0 Å². The van der Waals surface area contributed by atoms with Gasteiger partial charge in [-0.15, -0.1) is 0 Å². The highest BCUT2D eigenvalue weighted by molar-refractivity contribution is 5.98. The predicted molar refractivity (Wildman–Crippen MR) is 83.0 cm³/mol. The van der Waals surface area contributed by atoms with Crippen LogP contribution in [0.2, 0.25) is 0 Å². The Morgan fingerprint density at radius 3 is 2.67 bits per heavy atom. The van der Waals surface area contributed by atoms with Crippen molar-refractivity contribution in [2.45, 2.75) is 6.23 Å². The number of rotatable bonds is 4. The second-order valence-corrected chi connectivity index (χ2v) is 4.56. The van der Waals surface area contributed by atoms with E-state index in [0.29, 0.717) is 0 Å². The molecule has 1 N–H and O–H groups in total. The van der Waals surface area contributed by atoms with E-state index < -0.39 is 0 Å². The minimum atomic E-state index is -0.342. The maximum absolute atomic E-state index is 5.43. The van der Waals surface area contributed by atoms with E-state index in [0.717, 1.165) is 22.7 Å². The van der Waals surface area contributed by atoms with Gasteiger partial charge in [-0.25, -0.2) is 15.3 Å². The largest absolute Gasteiger partial charge is 0.496 e. The van der Waals surface area contributed by atoms with Gasteiger partial charge in [0.25, 0.3) is 0 Å². The van der Waals surface area contributed by atoms with Crippen LogP contribution >= 0.6 is 0 Å². The van der Waals surface area contributed by atoms with Gasteiger partial charge >= 0.3 is 0 Å². The van der Waals surface area contributed by atoms with E-state index in [1.807, 2.05) is 66.7 Å². The van der Waals surface area contributed by atoms with E-state index in [9.17, 15) is 0 Å². The minimum Gasteiger partial charge on any atom is -0.496 e. The van der Waals surface area contributed by atoms with Crippen LogP contribution in [0.25, 0.3) is 6.08 Å². The lowest BCUT2D eigenvalue weighted by Gasteiger charge is -2.04. The molecule has 0 saturated carbocycles. The van der Waals surface area contributed by atoms with E-state index in [2.05, 4.69) is 10.5 Å². The normalized spacial score (nSPS) is 17.6. The van der Waals surface area contributed by atoms with Gasteiger partial charge in [0.1, 0.15) is 5.75 Å². The van der Waals surface area contributed by atoms with Crippen LogP contribution in [0.3, 0.4) is 0 Å². The molecule has 0 aliphatic carbocycles. The summed E-state index contributed by atoms with van der Waals surface area (Å²) < 4.78 is 5.31. The summed E-state index contributed by atoms with van der Waals surface area (Å²) in [6, 6.07) is 17.7. The lowest BCUT2D eigenvalue weighted by Crippen LogP contribution is -2.18. The van der Waals surface area contributed by atoms with Gasteiger partial charge in [0, 0.05) is 11.1 Å². The molecule has 1 aliphatic rings. The van der Waals surface area contributed by atoms with Crippen LogP contribution in [0.1, 0.15) is 11.1 Å². The van der Waals surface area contributed by atoms with E-state index in [-0.39, 0.29) is 6.23 Å². The zero-order chi connectivity index (χ0) is 14.5. The van der Waals surface area contributed by atoms with E-state index in [1.54, 1.807) is 7.11 Å². The maximum Gasteiger partial charge on any atom is 0.196 e. The summed E-state index contributed by atoms with van der Waals surface area (Å²) >= 11 is 0. The van der Waals surface area contributed by atoms with Crippen molar-refractivity contribution in [2.24, 2.45) is 4.99 Å². The average Bonchev–Trinajstić information content (AvgIpc) is 3.03. The highest BCUT2D eigenvalue weighted by Crippen LogP contribution is 2.19. The molecule has 106 valence electrons. The smallest absolute Gasteiger partial charge is 0.196 e. The molecular formula is C17H16N2O2. The quantitative estimate of drug-likeness (QED) is 0.936. The van der Waals surface area contributed by atoms with Crippen LogP contribution in [-0.2, 0) is 4.84 Å². The Morgan fingerprint density at radius 2 is 1.86 bits per heavy atom. The lowest BCUT2D eigenvalue weighted by molar-refractivity contribution is 0.0682. The first-order valence-electron chi connectivity index (χ1n) is 6.73. The van der Waals surface area contributed by atoms with Crippen molar-refractivity contribution in [1.29, 1.82) is 0 Å². The number of nitrogens with one attached hydrogen (secondary N) is 1. The molecule has 0 fully saturated rings. The van der Waals surface area contributed by atoms with Gasteiger partial charge in [0.05, 0.1) is 7.11 Å². The average molecular weight is 280 g/mol. The van der Waals surface area contributed by atoms with Gasteiger partial charge in [-0.2, -0.15) is 0 Å². The topological polar surface area (TPSA) is 42.8 Å². The molecule has 4 nitrogen and oxygen atoms in total. The second-order valence-electron chi connectivity index (χ2n) is 4.56. The van der Waals surface area contributed by atoms with Crippen molar-refractivity contribution >= 4 is 11.9 Å². The molecule has 1 atom stereocenters. The molecule has 0 radical (unpaired) electrons. The molecule has 0 amide bonds. The summed E-state index contributed by atoms with van der Waals surface area (Å²) in [7, 11) is 1.66. The molecule has 2 aromatic carbocycles. The lowest BCUT2D eigenvalue weighted by atomic mass is 10.2. The Labute approximate surface area is 123 Å². The summed E-state index contributed by atoms with van der Waals surface area (Å²) in [6.07, 6.45) is 3.49. The first-order valence-corrected chi connectivity index (χ1v) is 6.73. The molecule has 1 heterocycles. The fraction of sp³-hybridized carbons (Fsp3) is 0.118. The standard InChI is InChI=1S/C17H16N2O2/c1-20-15-10-6-5-7-13(15)11-12-16-18-17(19-21-16)14-8-3-2-4-9-14/h2-12,16H,1H3,(H,18,19)/b12-11+/t16-/m1/s1. The molecule has 0 unspecified atom stereocenters. The van der Waals surface area contributed by atoms with Crippen molar-refractivity contribution in [1.82, 2.24) is 5.48 Å². The monoisotopic (exact) mass is 280 g/mol. The number of methoxy groups -OCH3 is 1. The van der Waals surface area contributed by atoms with Gasteiger partial charge < -0.3 is 4.74 Å². The number of benzene rings is 2. The van der Waals surface area contributed by atoms with Crippen LogP contribution in [0.5, 0.6) is 5.75 Å². The number of ether oxygens (including phenoxy) is 1. The summed E-state index contributed by atoms with van der Waals surface area (Å²) in [4.78, 5) is 9.92. The van der Waals surface area contributed by atoms with Gasteiger partial charge in [0.15, 0.2) is 12.1 Å². The fourth-order valence-corrected chi connectivity index (χ4v) is 2.10. The van der Waals surface area contributed by atoms with Crippen LogP contribution in [0, 0.1) is 0 Å². The van der Waals surface area contributed by atoms with Crippen molar-refractivity contribution in [3.8, 4) is 5.75 Å². The third-order valence-electron chi connectivity index (χ3n) is 3.16. The van der Waals surface area contributed by atoms with Gasteiger partial charge in [-0.1, -0.05) is 54.6 Å². The Kier molecular flexibility index (Phi) is 3.98.